The third-order valence-corrected chi connectivity index (χ3v) is 3.79. The smallest absolute Gasteiger partial charge is 0.129 e. The zero-order valence-electron chi connectivity index (χ0n) is 11.9. The Balaban J connectivity index is 2.13. The Morgan fingerprint density at radius 2 is 2.15 bits per heavy atom. The van der Waals surface area contributed by atoms with Crippen molar-refractivity contribution in [2.75, 3.05) is 44.2 Å². The minimum atomic E-state index is 0.217. The van der Waals surface area contributed by atoms with Gasteiger partial charge in [-0.05, 0) is 32.0 Å². The molecule has 1 saturated heterocycles. The van der Waals surface area contributed by atoms with Crippen molar-refractivity contribution in [3.8, 4) is 0 Å². The lowest BCUT2D eigenvalue weighted by atomic mass is 10.2. The van der Waals surface area contributed by atoms with E-state index in [1.807, 2.05) is 19.1 Å². The van der Waals surface area contributed by atoms with Gasteiger partial charge in [-0.25, -0.2) is 4.98 Å². The molecule has 1 aromatic heterocycles. The summed E-state index contributed by atoms with van der Waals surface area (Å²) in [5.41, 5.74) is 7.53. The van der Waals surface area contributed by atoms with Gasteiger partial charge in [-0.15, -0.1) is 0 Å². The molecule has 6 heteroatoms. The number of aromatic nitrogens is 1. The van der Waals surface area contributed by atoms with Crippen LogP contribution in [0.3, 0.4) is 0 Å². The number of anilines is 1. The van der Waals surface area contributed by atoms with Gasteiger partial charge < -0.3 is 15.7 Å². The number of aliphatic hydroxyl groups excluding tert-OH is 1. The van der Waals surface area contributed by atoms with Gasteiger partial charge in [-0.3, -0.25) is 4.90 Å². The summed E-state index contributed by atoms with van der Waals surface area (Å²) in [6.45, 7) is 6.76. The minimum absolute atomic E-state index is 0.217. The fourth-order valence-electron chi connectivity index (χ4n) is 2.52. The Morgan fingerprint density at radius 3 is 2.85 bits per heavy atom. The third-order valence-electron chi connectivity index (χ3n) is 3.55. The van der Waals surface area contributed by atoms with Crippen molar-refractivity contribution >= 4 is 23.0 Å². The molecule has 20 heavy (non-hydrogen) atoms. The van der Waals surface area contributed by atoms with E-state index in [9.17, 15) is 0 Å². The fraction of sp³-hybridized carbons (Fsp3) is 0.571. The van der Waals surface area contributed by atoms with Gasteiger partial charge in [0.25, 0.3) is 0 Å². The molecule has 5 nitrogen and oxygen atoms in total. The largest absolute Gasteiger partial charge is 0.395 e. The number of hydrogen-bond acceptors (Lipinski definition) is 5. The molecule has 0 saturated carbocycles. The summed E-state index contributed by atoms with van der Waals surface area (Å²) in [5, 5.41) is 9.03. The van der Waals surface area contributed by atoms with Gasteiger partial charge >= 0.3 is 0 Å². The first kappa shape index (κ1) is 15.2. The Bertz CT molecular complexity index is 480. The van der Waals surface area contributed by atoms with Crippen molar-refractivity contribution in [3.63, 3.8) is 0 Å². The summed E-state index contributed by atoms with van der Waals surface area (Å²) < 4.78 is 0. The lowest BCUT2D eigenvalue weighted by Gasteiger charge is -2.23. The minimum Gasteiger partial charge on any atom is -0.395 e. The second-order valence-corrected chi connectivity index (χ2v) is 5.57. The van der Waals surface area contributed by atoms with E-state index in [1.165, 1.54) is 0 Å². The van der Waals surface area contributed by atoms with E-state index >= 15 is 0 Å². The maximum Gasteiger partial charge on any atom is 0.129 e. The molecule has 0 unspecified atom stereocenters. The molecule has 0 amide bonds. The van der Waals surface area contributed by atoms with Crippen LogP contribution in [0.1, 0.15) is 17.7 Å². The number of hydrogen-bond donors (Lipinski definition) is 2. The Hall–Kier alpha value is -1.24. The molecule has 0 aromatic carbocycles. The highest BCUT2D eigenvalue weighted by molar-refractivity contribution is 7.80. The molecule has 0 spiro atoms. The molecule has 2 heterocycles. The molecular formula is C14H22N4OS. The number of nitrogens with two attached hydrogens (primary N) is 1. The Morgan fingerprint density at radius 1 is 1.35 bits per heavy atom. The topological polar surface area (TPSA) is 65.6 Å². The second kappa shape index (κ2) is 6.97. The van der Waals surface area contributed by atoms with Crippen LogP contribution in [0, 0.1) is 6.92 Å². The number of β-amino-alcohol motifs (C(OH)–C–C–N with tert-alkyl or cyclic N) is 1. The van der Waals surface area contributed by atoms with E-state index in [0.717, 1.165) is 56.2 Å². The Kier molecular flexibility index (Phi) is 5.28. The first-order valence-electron chi connectivity index (χ1n) is 6.97. The molecule has 3 N–H and O–H groups in total. The van der Waals surface area contributed by atoms with E-state index in [2.05, 4.69) is 14.8 Å². The van der Waals surface area contributed by atoms with Crippen LogP contribution in [0.5, 0.6) is 0 Å². The molecule has 0 atom stereocenters. The number of thiocarbonyl (C=S) groups is 1. The third kappa shape index (κ3) is 3.88. The fourth-order valence-corrected chi connectivity index (χ4v) is 2.64. The highest BCUT2D eigenvalue weighted by atomic mass is 32.1. The predicted molar refractivity (Wildman–Crippen MR) is 85.2 cm³/mol. The molecule has 110 valence electrons. The van der Waals surface area contributed by atoms with Crippen molar-refractivity contribution in [3.05, 3.63) is 23.4 Å². The van der Waals surface area contributed by atoms with Crippen LogP contribution in [0.15, 0.2) is 12.1 Å². The van der Waals surface area contributed by atoms with Crippen LogP contribution in [0.2, 0.25) is 0 Å². The normalized spacial score (nSPS) is 17.0. The van der Waals surface area contributed by atoms with Crippen molar-refractivity contribution in [1.29, 1.82) is 0 Å². The molecule has 1 aliphatic heterocycles. The second-order valence-electron chi connectivity index (χ2n) is 5.13. The SMILES string of the molecule is Cc1cc(C(N)=S)cc(N2CCCN(CCO)CC2)n1. The molecule has 0 aliphatic carbocycles. The molecule has 0 bridgehead atoms. The number of rotatable bonds is 4. The van der Waals surface area contributed by atoms with E-state index in [0.29, 0.717) is 4.99 Å². The van der Waals surface area contributed by atoms with Gasteiger partial charge in [0.15, 0.2) is 0 Å². The highest BCUT2D eigenvalue weighted by Gasteiger charge is 2.16. The first-order chi connectivity index (χ1) is 9.60. The number of aryl methyl sites for hydroxylation is 1. The standard InChI is InChI=1S/C14H22N4OS/c1-11-9-12(14(15)20)10-13(16-11)18-4-2-3-17(5-6-18)7-8-19/h9-10,19H,2-8H2,1H3,(H2,15,20). The molecular weight excluding hydrogens is 272 g/mol. The van der Waals surface area contributed by atoms with E-state index in [1.54, 1.807) is 0 Å². The summed E-state index contributed by atoms with van der Waals surface area (Å²) in [4.78, 5) is 9.56. The monoisotopic (exact) mass is 294 g/mol. The zero-order valence-corrected chi connectivity index (χ0v) is 12.7. The average Bonchev–Trinajstić information content (AvgIpc) is 2.64. The van der Waals surface area contributed by atoms with Crippen LogP contribution >= 0.6 is 12.2 Å². The maximum absolute atomic E-state index is 9.03. The van der Waals surface area contributed by atoms with Crippen molar-refractivity contribution < 1.29 is 5.11 Å². The van der Waals surface area contributed by atoms with Gasteiger partial charge in [-0.2, -0.15) is 0 Å². The van der Waals surface area contributed by atoms with Crippen LogP contribution in [0.25, 0.3) is 0 Å². The maximum atomic E-state index is 9.03. The van der Waals surface area contributed by atoms with Crippen molar-refractivity contribution in [2.24, 2.45) is 5.73 Å². The van der Waals surface area contributed by atoms with Crippen LogP contribution in [-0.2, 0) is 0 Å². The van der Waals surface area contributed by atoms with Crippen molar-refractivity contribution in [2.45, 2.75) is 13.3 Å². The van der Waals surface area contributed by atoms with Crippen LogP contribution in [0.4, 0.5) is 5.82 Å². The molecule has 0 radical (unpaired) electrons. The zero-order chi connectivity index (χ0) is 14.5. The van der Waals surface area contributed by atoms with E-state index < -0.39 is 0 Å². The summed E-state index contributed by atoms with van der Waals surface area (Å²) >= 11 is 5.06. The van der Waals surface area contributed by atoms with Gasteiger partial charge in [-0.1, -0.05) is 12.2 Å². The first-order valence-corrected chi connectivity index (χ1v) is 7.37. The summed E-state index contributed by atoms with van der Waals surface area (Å²) in [5.74, 6) is 0.943. The van der Waals surface area contributed by atoms with Gasteiger partial charge in [0.05, 0.1) is 6.61 Å². The summed E-state index contributed by atoms with van der Waals surface area (Å²) in [6, 6.07) is 3.89. The lowest BCUT2D eigenvalue weighted by Crippen LogP contribution is -2.33. The van der Waals surface area contributed by atoms with E-state index in [4.69, 9.17) is 23.1 Å². The summed E-state index contributed by atoms with van der Waals surface area (Å²) in [7, 11) is 0. The lowest BCUT2D eigenvalue weighted by molar-refractivity contribution is 0.204. The molecule has 1 aliphatic rings. The number of nitrogens with zero attached hydrogens (tertiary/aromatic N) is 3. The Labute approximate surface area is 125 Å². The highest BCUT2D eigenvalue weighted by Crippen LogP contribution is 2.17. The number of pyridine rings is 1. The van der Waals surface area contributed by atoms with Crippen LogP contribution in [-0.4, -0.2) is 59.3 Å². The van der Waals surface area contributed by atoms with Gasteiger partial charge in [0.1, 0.15) is 10.8 Å². The van der Waals surface area contributed by atoms with Gasteiger partial charge in [0, 0.05) is 37.4 Å². The quantitative estimate of drug-likeness (QED) is 0.790. The number of aliphatic hydroxyl groups is 1. The summed E-state index contributed by atoms with van der Waals surface area (Å²) in [6.07, 6.45) is 1.07. The van der Waals surface area contributed by atoms with Crippen LogP contribution < -0.4 is 10.6 Å². The molecule has 1 fully saturated rings. The predicted octanol–water partition coefficient (Wildman–Crippen LogP) is 0.529. The van der Waals surface area contributed by atoms with E-state index in [-0.39, 0.29) is 6.61 Å². The average molecular weight is 294 g/mol. The van der Waals surface area contributed by atoms with Crippen molar-refractivity contribution in [1.82, 2.24) is 9.88 Å². The van der Waals surface area contributed by atoms with Gasteiger partial charge in [0.2, 0.25) is 0 Å². The molecule has 2 rings (SSSR count). The molecule has 1 aromatic rings.